The maximum Gasteiger partial charge on any atom is 0.266 e. The SMILES string of the molecule is Cc1[nH]c(=O)c(C#N)c(C)c1CCC(=O)N(Cc1nnc(-c2ccccc2Cl)o1)C(C)C. The molecule has 0 radical (unpaired) electrons. The number of benzene rings is 1. The number of pyridine rings is 1. The van der Waals surface area contributed by atoms with E-state index in [0.29, 0.717) is 40.0 Å². The molecule has 0 bridgehead atoms. The molecule has 0 atom stereocenters. The third-order valence-corrected chi connectivity index (χ3v) is 5.66. The first-order valence-electron chi connectivity index (χ1n) is 10.2. The standard InChI is InChI=1S/C23H24ClN5O3/c1-13(2)29(12-20-27-28-23(32-20)17-7-5-6-8-19(17)24)21(30)10-9-16-14(3)18(11-25)22(31)26-15(16)4/h5-8,13H,9-10,12H2,1-4H3,(H,26,31). The second kappa shape index (κ2) is 9.79. The average Bonchev–Trinajstić information content (AvgIpc) is 3.20. The van der Waals surface area contributed by atoms with E-state index in [9.17, 15) is 14.9 Å². The van der Waals surface area contributed by atoms with E-state index in [1.165, 1.54) is 0 Å². The highest BCUT2D eigenvalue weighted by atomic mass is 35.5. The molecule has 0 saturated carbocycles. The van der Waals surface area contributed by atoms with Gasteiger partial charge in [-0.05, 0) is 57.4 Å². The van der Waals surface area contributed by atoms with E-state index in [4.69, 9.17) is 16.0 Å². The number of nitrogens with one attached hydrogen (secondary N) is 1. The molecule has 2 heterocycles. The minimum Gasteiger partial charge on any atom is -0.419 e. The number of aromatic nitrogens is 3. The minimum atomic E-state index is -0.410. The fourth-order valence-electron chi connectivity index (χ4n) is 3.56. The molecule has 2 aromatic heterocycles. The summed E-state index contributed by atoms with van der Waals surface area (Å²) in [4.78, 5) is 29.3. The Morgan fingerprint density at radius 2 is 2.00 bits per heavy atom. The number of rotatable bonds is 7. The van der Waals surface area contributed by atoms with Crippen molar-refractivity contribution in [3.8, 4) is 17.5 Å². The first-order valence-corrected chi connectivity index (χ1v) is 10.6. The maximum absolute atomic E-state index is 13.0. The van der Waals surface area contributed by atoms with Gasteiger partial charge in [0.25, 0.3) is 5.56 Å². The summed E-state index contributed by atoms with van der Waals surface area (Å²) in [6, 6.07) is 9.01. The lowest BCUT2D eigenvalue weighted by Gasteiger charge is -2.25. The number of H-pyrrole nitrogens is 1. The number of nitrogens with zero attached hydrogens (tertiary/aromatic N) is 4. The number of aromatic amines is 1. The molecular formula is C23H24ClN5O3. The largest absolute Gasteiger partial charge is 0.419 e. The molecule has 1 amide bonds. The van der Waals surface area contributed by atoms with E-state index in [0.717, 1.165) is 5.56 Å². The zero-order chi connectivity index (χ0) is 23.4. The van der Waals surface area contributed by atoms with Crippen molar-refractivity contribution in [2.24, 2.45) is 0 Å². The van der Waals surface area contributed by atoms with E-state index in [1.54, 1.807) is 30.9 Å². The molecule has 0 spiro atoms. The molecule has 0 aliphatic carbocycles. The van der Waals surface area contributed by atoms with Crippen molar-refractivity contribution in [2.75, 3.05) is 0 Å². The Kier molecular flexibility index (Phi) is 7.11. The molecule has 0 fully saturated rings. The zero-order valence-corrected chi connectivity index (χ0v) is 19.2. The van der Waals surface area contributed by atoms with E-state index in [2.05, 4.69) is 15.2 Å². The lowest BCUT2D eigenvalue weighted by Crippen LogP contribution is -2.36. The Bertz CT molecular complexity index is 1240. The molecule has 0 unspecified atom stereocenters. The number of halogens is 1. The minimum absolute atomic E-state index is 0.0803. The Balaban J connectivity index is 1.75. The number of aryl methyl sites for hydroxylation is 1. The monoisotopic (exact) mass is 453 g/mol. The van der Waals surface area contributed by atoms with Crippen molar-refractivity contribution in [3.63, 3.8) is 0 Å². The van der Waals surface area contributed by atoms with Crippen molar-refractivity contribution in [2.45, 2.75) is 53.1 Å². The highest BCUT2D eigenvalue weighted by molar-refractivity contribution is 6.33. The predicted octanol–water partition coefficient (Wildman–Crippen LogP) is 3.94. The quantitative estimate of drug-likeness (QED) is 0.579. The topological polar surface area (TPSA) is 116 Å². The first kappa shape index (κ1) is 23.2. The fourth-order valence-corrected chi connectivity index (χ4v) is 3.78. The Morgan fingerprint density at radius 3 is 2.66 bits per heavy atom. The highest BCUT2D eigenvalue weighted by Crippen LogP contribution is 2.26. The highest BCUT2D eigenvalue weighted by Gasteiger charge is 2.22. The third-order valence-electron chi connectivity index (χ3n) is 5.33. The van der Waals surface area contributed by atoms with Gasteiger partial charge in [0, 0.05) is 18.2 Å². The van der Waals surface area contributed by atoms with Crippen molar-refractivity contribution in [1.82, 2.24) is 20.1 Å². The van der Waals surface area contributed by atoms with Crippen LogP contribution in [-0.4, -0.2) is 32.0 Å². The van der Waals surface area contributed by atoms with Crippen LogP contribution >= 0.6 is 11.6 Å². The van der Waals surface area contributed by atoms with Crippen molar-refractivity contribution >= 4 is 17.5 Å². The third kappa shape index (κ3) is 4.89. The number of nitriles is 1. The molecule has 3 rings (SSSR count). The zero-order valence-electron chi connectivity index (χ0n) is 18.4. The van der Waals surface area contributed by atoms with Crippen molar-refractivity contribution in [3.05, 3.63) is 67.9 Å². The summed E-state index contributed by atoms with van der Waals surface area (Å²) >= 11 is 6.20. The van der Waals surface area contributed by atoms with Crippen LogP contribution in [0.2, 0.25) is 5.02 Å². The lowest BCUT2D eigenvalue weighted by molar-refractivity contribution is -0.133. The Morgan fingerprint density at radius 1 is 1.28 bits per heavy atom. The van der Waals surface area contributed by atoms with Crippen LogP contribution < -0.4 is 5.56 Å². The summed E-state index contributed by atoms with van der Waals surface area (Å²) in [5.74, 6) is 0.511. The second-order valence-electron chi connectivity index (χ2n) is 7.77. The molecule has 0 aliphatic heterocycles. The summed E-state index contributed by atoms with van der Waals surface area (Å²) < 4.78 is 5.75. The average molecular weight is 454 g/mol. The van der Waals surface area contributed by atoms with Crippen molar-refractivity contribution < 1.29 is 9.21 Å². The van der Waals surface area contributed by atoms with Gasteiger partial charge in [0.05, 0.1) is 17.1 Å². The van der Waals surface area contributed by atoms with Gasteiger partial charge in [-0.3, -0.25) is 9.59 Å². The van der Waals surface area contributed by atoms with Crippen molar-refractivity contribution in [1.29, 1.82) is 5.26 Å². The van der Waals surface area contributed by atoms with Gasteiger partial charge in [-0.25, -0.2) is 0 Å². The lowest BCUT2D eigenvalue weighted by atomic mass is 9.98. The molecule has 0 aliphatic rings. The molecular weight excluding hydrogens is 430 g/mol. The molecule has 32 heavy (non-hydrogen) atoms. The van der Waals surface area contributed by atoms with Crippen LogP contribution in [0.25, 0.3) is 11.5 Å². The van der Waals surface area contributed by atoms with E-state index < -0.39 is 5.56 Å². The molecule has 0 saturated heterocycles. The summed E-state index contributed by atoms with van der Waals surface area (Å²) in [5, 5.41) is 17.9. The van der Waals surface area contributed by atoms with Gasteiger partial charge < -0.3 is 14.3 Å². The summed E-state index contributed by atoms with van der Waals surface area (Å²) in [7, 11) is 0. The number of carbonyl (C=O) groups is 1. The van der Waals surface area contributed by atoms with Gasteiger partial charge in [-0.15, -0.1) is 10.2 Å². The number of amides is 1. The van der Waals surface area contributed by atoms with E-state index in [1.807, 2.05) is 32.0 Å². The van der Waals surface area contributed by atoms with Crippen LogP contribution in [-0.2, 0) is 17.8 Å². The fraction of sp³-hybridized carbons (Fsp3) is 0.348. The maximum atomic E-state index is 13.0. The summed E-state index contributed by atoms with van der Waals surface area (Å²) in [6.07, 6.45) is 0.613. The summed E-state index contributed by atoms with van der Waals surface area (Å²) in [5.41, 5.74) is 2.38. The Labute approximate surface area is 190 Å². The molecule has 9 heteroatoms. The van der Waals surface area contributed by atoms with E-state index in [-0.39, 0.29) is 30.5 Å². The number of hydrogen-bond donors (Lipinski definition) is 1. The van der Waals surface area contributed by atoms with Gasteiger partial charge in [0.15, 0.2) is 0 Å². The first-order chi connectivity index (χ1) is 15.2. The van der Waals surface area contributed by atoms with Gasteiger partial charge in [0.1, 0.15) is 11.6 Å². The summed E-state index contributed by atoms with van der Waals surface area (Å²) in [6.45, 7) is 7.49. The van der Waals surface area contributed by atoms with Crippen LogP contribution in [0.3, 0.4) is 0 Å². The molecule has 8 nitrogen and oxygen atoms in total. The normalized spacial score (nSPS) is 10.9. The molecule has 3 aromatic rings. The van der Waals surface area contributed by atoms with Gasteiger partial charge in [-0.1, -0.05) is 23.7 Å². The molecule has 1 aromatic carbocycles. The van der Waals surface area contributed by atoms with Crippen LogP contribution in [0.4, 0.5) is 0 Å². The van der Waals surface area contributed by atoms with Crippen LogP contribution in [0, 0.1) is 25.2 Å². The second-order valence-corrected chi connectivity index (χ2v) is 8.17. The van der Waals surface area contributed by atoms with Crippen LogP contribution in [0.5, 0.6) is 0 Å². The predicted molar refractivity (Wildman–Crippen MR) is 120 cm³/mol. The van der Waals surface area contributed by atoms with Crippen LogP contribution in [0.15, 0.2) is 33.5 Å². The van der Waals surface area contributed by atoms with E-state index >= 15 is 0 Å². The molecule has 166 valence electrons. The Hall–Kier alpha value is -3.44. The number of carbonyl (C=O) groups excluding carboxylic acids is 1. The van der Waals surface area contributed by atoms with Gasteiger partial charge in [0.2, 0.25) is 17.7 Å². The van der Waals surface area contributed by atoms with Crippen LogP contribution in [0.1, 0.15) is 48.5 Å². The number of hydrogen-bond acceptors (Lipinski definition) is 6. The smallest absolute Gasteiger partial charge is 0.266 e. The van der Waals surface area contributed by atoms with Gasteiger partial charge >= 0.3 is 0 Å². The van der Waals surface area contributed by atoms with Gasteiger partial charge in [-0.2, -0.15) is 5.26 Å². The molecule has 1 N–H and O–H groups in total.